The Bertz CT molecular complexity index is 555. The van der Waals surface area contributed by atoms with Gasteiger partial charge in [0, 0.05) is 11.6 Å². The van der Waals surface area contributed by atoms with Crippen LogP contribution < -0.4 is 0 Å². The average Bonchev–Trinajstić information content (AvgIpc) is 2.67. The van der Waals surface area contributed by atoms with E-state index >= 15 is 0 Å². The van der Waals surface area contributed by atoms with Gasteiger partial charge in [-0.3, -0.25) is 9.59 Å². The van der Waals surface area contributed by atoms with Crippen LogP contribution in [0.4, 0.5) is 0 Å². The fourth-order valence-corrected chi connectivity index (χ4v) is 3.26. The zero-order valence-corrected chi connectivity index (χ0v) is 17.4. The molecule has 0 aromatic heterocycles. The van der Waals surface area contributed by atoms with Gasteiger partial charge in [0.25, 0.3) is 0 Å². The molecule has 0 aromatic carbocycles. The zero-order valence-electron chi connectivity index (χ0n) is 17.4. The van der Waals surface area contributed by atoms with E-state index in [9.17, 15) is 9.59 Å². The van der Waals surface area contributed by atoms with Crippen molar-refractivity contribution in [2.45, 2.75) is 84.0 Å². The van der Waals surface area contributed by atoms with Crippen molar-refractivity contribution in [2.75, 3.05) is 14.2 Å². The molecule has 0 N–H and O–H groups in total. The van der Waals surface area contributed by atoms with E-state index in [4.69, 9.17) is 9.47 Å². The Balaban J connectivity index is 2.16. The van der Waals surface area contributed by atoms with E-state index in [-0.39, 0.29) is 23.1 Å². The quantitative estimate of drug-likeness (QED) is 0.205. The third-order valence-electron chi connectivity index (χ3n) is 4.87. The number of unbranched alkanes of at least 4 members (excludes halogenated alkanes) is 9. The molecule has 0 bridgehead atoms. The number of ether oxygens (including phenoxy) is 2. The molecule has 1 aliphatic rings. The summed E-state index contributed by atoms with van der Waals surface area (Å²) in [6, 6.07) is 0. The van der Waals surface area contributed by atoms with Gasteiger partial charge in [0.05, 0.1) is 14.2 Å². The number of carbonyl (C=O) groups is 2. The van der Waals surface area contributed by atoms with E-state index in [2.05, 4.69) is 19.1 Å². The molecule has 0 radical (unpaired) electrons. The Kier molecular flexibility index (Phi) is 12.2. The molecule has 0 spiro atoms. The smallest absolute Gasteiger partial charge is 0.227 e. The van der Waals surface area contributed by atoms with Gasteiger partial charge in [-0.25, -0.2) is 0 Å². The number of rotatable bonds is 15. The van der Waals surface area contributed by atoms with Gasteiger partial charge in [0.15, 0.2) is 11.5 Å². The fourth-order valence-electron chi connectivity index (χ4n) is 3.26. The van der Waals surface area contributed by atoms with Crippen LogP contribution in [0.15, 0.2) is 35.3 Å². The van der Waals surface area contributed by atoms with Gasteiger partial charge in [0.1, 0.15) is 0 Å². The molecule has 0 amide bonds. The Morgan fingerprint density at radius 3 is 2.00 bits per heavy atom. The molecule has 4 heteroatoms. The van der Waals surface area contributed by atoms with Gasteiger partial charge in [-0.1, -0.05) is 64.0 Å². The molecule has 0 saturated heterocycles. The predicted molar refractivity (Wildman–Crippen MR) is 109 cm³/mol. The second-order valence-electron chi connectivity index (χ2n) is 7.05. The van der Waals surface area contributed by atoms with Crippen LogP contribution >= 0.6 is 0 Å². The first-order chi connectivity index (χ1) is 13.2. The van der Waals surface area contributed by atoms with Crippen LogP contribution in [0.1, 0.15) is 84.0 Å². The van der Waals surface area contributed by atoms with E-state index in [1.165, 1.54) is 71.7 Å². The molecule has 1 aliphatic carbocycles. The van der Waals surface area contributed by atoms with E-state index in [0.29, 0.717) is 12.0 Å². The van der Waals surface area contributed by atoms with Crippen molar-refractivity contribution < 1.29 is 19.1 Å². The van der Waals surface area contributed by atoms with Gasteiger partial charge in [-0.15, -0.1) is 0 Å². The summed E-state index contributed by atoms with van der Waals surface area (Å²) in [6.45, 7) is 2.22. The maximum atomic E-state index is 12.3. The Hall–Kier alpha value is -1.84. The van der Waals surface area contributed by atoms with Gasteiger partial charge < -0.3 is 9.47 Å². The van der Waals surface area contributed by atoms with Gasteiger partial charge in [0.2, 0.25) is 11.6 Å². The third-order valence-corrected chi connectivity index (χ3v) is 4.87. The molecule has 0 heterocycles. The number of hydrogen-bond donors (Lipinski definition) is 0. The molecule has 0 fully saturated rings. The number of methoxy groups -OCH3 is 2. The lowest BCUT2D eigenvalue weighted by atomic mass is 9.94. The average molecular weight is 377 g/mol. The lowest BCUT2D eigenvalue weighted by molar-refractivity contribution is -0.120. The van der Waals surface area contributed by atoms with Crippen LogP contribution in [-0.2, 0) is 19.1 Å². The molecule has 0 aromatic rings. The third kappa shape index (κ3) is 8.59. The molecule has 27 heavy (non-hydrogen) atoms. The molecule has 152 valence electrons. The topological polar surface area (TPSA) is 52.6 Å². The van der Waals surface area contributed by atoms with Gasteiger partial charge in [-0.05, 0) is 32.1 Å². The minimum absolute atomic E-state index is 0.111. The second-order valence-corrected chi connectivity index (χ2v) is 7.05. The number of carbonyl (C=O) groups excluding carboxylic acids is 2. The van der Waals surface area contributed by atoms with Crippen molar-refractivity contribution in [1.29, 1.82) is 0 Å². The van der Waals surface area contributed by atoms with Crippen molar-refractivity contribution in [3.8, 4) is 0 Å². The largest absolute Gasteiger partial charge is 0.493 e. The monoisotopic (exact) mass is 376 g/mol. The highest BCUT2D eigenvalue weighted by Crippen LogP contribution is 2.25. The minimum Gasteiger partial charge on any atom is -0.493 e. The lowest BCUT2D eigenvalue weighted by Gasteiger charge is -2.17. The summed E-state index contributed by atoms with van der Waals surface area (Å²) in [7, 11) is 2.85. The lowest BCUT2D eigenvalue weighted by Crippen LogP contribution is -2.21. The molecular weight excluding hydrogens is 340 g/mol. The second kappa shape index (κ2) is 14.2. The number of allylic oxidation sites excluding steroid dienone is 4. The number of ketones is 2. The van der Waals surface area contributed by atoms with Gasteiger partial charge in [-0.2, -0.15) is 0 Å². The maximum absolute atomic E-state index is 12.3. The molecule has 1 rings (SSSR count). The van der Waals surface area contributed by atoms with Crippen molar-refractivity contribution >= 4 is 11.6 Å². The van der Waals surface area contributed by atoms with Crippen molar-refractivity contribution in [1.82, 2.24) is 0 Å². The van der Waals surface area contributed by atoms with Crippen LogP contribution in [0.2, 0.25) is 0 Å². The van der Waals surface area contributed by atoms with Crippen LogP contribution in [0, 0.1) is 0 Å². The summed E-state index contributed by atoms with van der Waals surface area (Å²) >= 11 is 0. The standard InChI is InChI=1S/C23H36O4/c1-4-5-6-7-8-9-10-11-12-13-14-15-16-17-19-22(25)21(26-2)18-20(24)23(19)27-3/h7-8,18H,4-6,9-17H2,1-3H3/b8-7+. The van der Waals surface area contributed by atoms with Crippen LogP contribution in [0.25, 0.3) is 0 Å². The van der Waals surface area contributed by atoms with E-state index < -0.39 is 0 Å². The van der Waals surface area contributed by atoms with Crippen LogP contribution in [0.5, 0.6) is 0 Å². The minimum atomic E-state index is -0.285. The Labute approximate surface area is 164 Å². The maximum Gasteiger partial charge on any atom is 0.227 e. The van der Waals surface area contributed by atoms with E-state index in [1.807, 2.05) is 0 Å². The molecular formula is C23H36O4. The highest BCUT2D eigenvalue weighted by Gasteiger charge is 2.29. The van der Waals surface area contributed by atoms with Crippen molar-refractivity contribution in [2.24, 2.45) is 0 Å². The van der Waals surface area contributed by atoms with Gasteiger partial charge >= 0.3 is 0 Å². The number of Topliss-reactive ketones (excluding diaryl/α,β-unsaturated/α-hetero) is 1. The molecule has 0 unspecified atom stereocenters. The van der Waals surface area contributed by atoms with Crippen LogP contribution in [0.3, 0.4) is 0 Å². The Morgan fingerprint density at radius 2 is 1.41 bits per heavy atom. The molecule has 4 nitrogen and oxygen atoms in total. The summed E-state index contributed by atoms with van der Waals surface area (Å²) in [5.74, 6) is -0.221. The summed E-state index contributed by atoms with van der Waals surface area (Å²) in [4.78, 5) is 24.3. The van der Waals surface area contributed by atoms with E-state index in [0.717, 1.165) is 19.3 Å². The predicted octanol–water partition coefficient (Wildman–Crippen LogP) is 5.83. The summed E-state index contributed by atoms with van der Waals surface area (Å²) in [5, 5.41) is 0. The Morgan fingerprint density at radius 1 is 0.815 bits per heavy atom. The molecule has 0 saturated carbocycles. The normalized spacial score (nSPS) is 14.9. The first-order valence-electron chi connectivity index (χ1n) is 10.4. The van der Waals surface area contributed by atoms with Crippen molar-refractivity contribution in [3.05, 3.63) is 35.3 Å². The van der Waals surface area contributed by atoms with Crippen LogP contribution in [-0.4, -0.2) is 25.8 Å². The highest BCUT2D eigenvalue weighted by molar-refractivity contribution is 6.21. The summed E-state index contributed by atoms with van der Waals surface area (Å²) in [5.41, 5.74) is 0.455. The molecule has 0 aliphatic heterocycles. The zero-order chi connectivity index (χ0) is 19.9. The SMILES string of the molecule is CCCC/C=C/CCCCCCCCCC1=C(OC)C(=O)C=C(OC)C1=O. The van der Waals surface area contributed by atoms with Crippen molar-refractivity contribution in [3.63, 3.8) is 0 Å². The highest BCUT2D eigenvalue weighted by atomic mass is 16.5. The van der Waals surface area contributed by atoms with E-state index in [1.54, 1.807) is 0 Å². The first-order valence-corrected chi connectivity index (χ1v) is 10.4. The molecule has 0 atom stereocenters. The fraction of sp³-hybridized carbons (Fsp3) is 0.652. The number of hydrogen-bond acceptors (Lipinski definition) is 4. The summed E-state index contributed by atoms with van der Waals surface area (Å²) in [6.07, 6.45) is 19.6. The first kappa shape index (κ1) is 23.2. The summed E-state index contributed by atoms with van der Waals surface area (Å²) < 4.78 is 10.2.